The van der Waals surface area contributed by atoms with Crippen molar-refractivity contribution in [1.29, 1.82) is 0 Å². The van der Waals surface area contributed by atoms with Gasteiger partial charge in [-0.05, 0) is 37.1 Å². The summed E-state index contributed by atoms with van der Waals surface area (Å²) in [5, 5.41) is 7.10. The number of aromatic nitrogens is 2. The van der Waals surface area contributed by atoms with Gasteiger partial charge in [0.05, 0.1) is 18.6 Å². The first-order chi connectivity index (χ1) is 12.2. The van der Waals surface area contributed by atoms with E-state index in [1.54, 1.807) is 7.11 Å². The Bertz CT molecular complexity index is 681. The zero-order chi connectivity index (χ0) is 17.5. The van der Waals surface area contributed by atoms with Crippen LogP contribution in [-0.2, 0) is 10.5 Å². The van der Waals surface area contributed by atoms with E-state index in [1.807, 2.05) is 24.3 Å². The number of thioether (sulfide) groups is 1. The van der Waals surface area contributed by atoms with Crippen LogP contribution in [0.15, 0.2) is 28.8 Å². The Morgan fingerprint density at radius 2 is 2.04 bits per heavy atom. The molecule has 0 unspecified atom stereocenters. The van der Waals surface area contributed by atoms with Crippen LogP contribution < -0.4 is 10.1 Å². The second kappa shape index (κ2) is 8.89. The zero-order valence-electron chi connectivity index (χ0n) is 14.4. The van der Waals surface area contributed by atoms with Gasteiger partial charge in [0.15, 0.2) is 0 Å². The molecule has 3 rings (SSSR count). The first kappa shape index (κ1) is 17.8. The van der Waals surface area contributed by atoms with Gasteiger partial charge in [0, 0.05) is 11.6 Å². The molecule has 134 valence electrons. The number of benzene rings is 1. The number of hydrogen-bond donors (Lipinski definition) is 1. The topological polar surface area (TPSA) is 77.2 Å². The Morgan fingerprint density at radius 3 is 2.76 bits per heavy atom. The second-order valence-electron chi connectivity index (χ2n) is 6.14. The lowest BCUT2D eigenvalue weighted by atomic mass is 9.95. The van der Waals surface area contributed by atoms with Gasteiger partial charge >= 0.3 is 0 Å². The maximum Gasteiger partial charge on any atom is 0.236 e. The first-order valence-corrected chi connectivity index (χ1v) is 9.74. The predicted molar refractivity (Wildman–Crippen MR) is 97.5 cm³/mol. The number of carbonyl (C=O) groups excluding carboxylic acids is 1. The summed E-state index contributed by atoms with van der Waals surface area (Å²) in [4.78, 5) is 16.4. The summed E-state index contributed by atoms with van der Waals surface area (Å²) in [6.45, 7) is 0. The number of ether oxygens (including phenoxy) is 1. The maximum absolute atomic E-state index is 12.0. The number of nitrogens with zero attached hydrogens (tertiary/aromatic N) is 2. The highest BCUT2D eigenvalue weighted by Gasteiger charge is 2.16. The van der Waals surface area contributed by atoms with E-state index in [2.05, 4.69) is 15.5 Å². The molecule has 7 heteroatoms. The van der Waals surface area contributed by atoms with Crippen LogP contribution in [-0.4, -0.2) is 35.0 Å². The molecule has 1 aliphatic carbocycles. The van der Waals surface area contributed by atoms with Crippen LogP contribution in [0.25, 0.3) is 11.4 Å². The average molecular weight is 361 g/mol. The summed E-state index contributed by atoms with van der Waals surface area (Å²) >= 11 is 1.49. The fourth-order valence-corrected chi connectivity index (χ4v) is 3.58. The summed E-state index contributed by atoms with van der Waals surface area (Å²) in [7, 11) is 1.63. The SMILES string of the molecule is COc1ccc(-c2noc(CSCC(=O)NC3CCCCC3)n2)cc1. The van der Waals surface area contributed by atoms with E-state index in [9.17, 15) is 4.79 Å². The molecule has 1 amide bonds. The van der Waals surface area contributed by atoms with Crippen LogP contribution >= 0.6 is 11.8 Å². The van der Waals surface area contributed by atoms with Crippen LogP contribution in [0.4, 0.5) is 0 Å². The van der Waals surface area contributed by atoms with Gasteiger partial charge in [-0.3, -0.25) is 4.79 Å². The monoisotopic (exact) mass is 361 g/mol. The molecule has 6 nitrogen and oxygen atoms in total. The van der Waals surface area contributed by atoms with Crippen LogP contribution in [0, 0.1) is 0 Å². The Hall–Kier alpha value is -2.02. The van der Waals surface area contributed by atoms with E-state index in [-0.39, 0.29) is 5.91 Å². The fourth-order valence-electron chi connectivity index (χ4n) is 2.92. The Morgan fingerprint density at radius 1 is 1.28 bits per heavy atom. The number of nitrogens with one attached hydrogen (secondary N) is 1. The third-order valence-electron chi connectivity index (χ3n) is 4.25. The normalized spacial score (nSPS) is 15.1. The molecule has 1 heterocycles. The Kier molecular flexibility index (Phi) is 6.33. The zero-order valence-corrected chi connectivity index (χ0v) is 15.2. The minimum atomic E-state index is 0.0896. The van der Waals surface area contributed by atoms with Crippen molar-refractivity contribution in [3.05, 3.63) is 30.2 Å². The van der Waals surface area contributed by atoms with E-state index in [4.69, 9.17) is 9.26 Å². The molecule has 0 bridgehead atoms. The highest BCUT2D eigenvalue weighted by Crippen LogP contribution is 2.21. The molecule has 0 saturated heterocycles. The smallest absolute Gasteiger partial charge is 0.236 e. The average Bonchev–Trinajstić information content (AvgIpc) is 3.11. The molecule has 0 atom stereocenters. The summed E-state index contributed by atoms with van der Waals surface area (Å²) in [5.74, 6) is 2.89. The largest absolute Gasteiger partial charge is 0.497 e. The van der Waals surface area contributed by atoms with Crippen molar-refractivity contribution in [3.8, 4) is 17.1 Å². The van der Waals surface area contributed by atoms with E-state index >= 15 is 0 Å². The van der Waals surface area contributed by atoms with Gasteiger partial charge in [0.1, 0.15) is 5.75 Å². The molecule has 1 aliphatic rings. The summed E-state index contributed by atoms with van der Waals surface area (Å²) in [6.07, 6.45) is 5.92. The van der Waals surface area contributed by atoms with Crippen molar-refractivity contribution in [2.75, 3.05) is 12.9 Å². The fraction of sp³-hybridized carbons (Fsp3) is 0.500. The van der Waals surface area contributed by atoms with E-state index in [0.29, 0.717) is 29.3 Å². The summed E-state index contributed by atoms with van der Waals surface area (Å²) in [5.41, 5.74) is 0.871. The van der Waals surface area contributed by atoms with Crippen molar-refractivity contribution in [2.24, 2.45) is 0 Å². The van der Waals surface area contributed by atoms with Gasteiger partial charge < -0.3 is 14.6 Å². The highest BCUT2D eigenvalue weighted by atomic mass is 32.2. The molecule has 1 N–H and O–H groups in total. The van der Waals surface area contributed by atoms with Gasteiger partial charge in [-0.15, -0.1) is 11.8 Å². The number of carbonyl (C=O) groups is 1. The molecule has 2 aromatic rings. The summed E-state index contributed by atoms with van der Waals surface area (Å²) < 4.78 is 10.4. The number of hydrogen-bond acceptors (Lipinski definition) is 6. The minimum absolute atomic E-state index is 0.0896. The van der Waals surface area contributed by atoms with Gasteiger partial charge in [-0.25, -0.2) is 0 Å². The van der Waals surface area contributed by atoms with Crippen LogP contribution in [0.2, 0.25) is 0 Å². The van der Waals surface area contributed by atoms with Crippen molar-refractivity contribution in [3.63, 3.8) is 0 Å². The maximum atomic E-state index is 12.0. The third kappa shape index (κ3) is 5.22. The van der Waals surface area contributed by atoms with Gasteiger partial charge in [-0.2, -0.15) is 4.98 Å². The van der Waals surface area contributed by atoms with Crippen molar-refractivity contribution in [1.82, 2.24) is 15.5 Å². The molecule has 0 aliphatic heterocycles. The molecule has 1 aromatic heterocycles. The van der Waals surface area contributed by atoms with E-state index in [1.165, 1.54) is 31.0 Å². The molecule has 0 spiro atoms. The first-order valence-electron chi connectivity index (χ1n) is 8.59. The van der Waals surface area contributed by atoms with Crippen molar-refractivity contribution in [2.45, 2.75) is 43.9 Å². The van der Waals surface area contributed by atoms with Gasteiger partial charge in [0.2, 0.25) is 17.6 Å². The van der Waals surface area contributed by atoms with Crippen LogP contribution in [0.5, 0.6) is 5.75 Å². The van der Waals surface area contributed by atoms with Gasteiger partial charge in [0.25, 0.3) is 0 Å². The lowest BCUT2D eigenvalue weighted by Gasteiger charge is -2.22. The van der Waals surface area contributed by atoms with Crippen molar-refractivity contribution >= 4 is 17.7 Å². The van der Waals surface area contributed by atoms with Crippen LogP contribution in [0.1, 0.15) is 38.0 Å². The van der Waals surface area contributed by atoms with E-state index in [0.717, 1.165) is 24.2 Å². The predicted octanol–water partition coefficient (Wildman–Crippen LogP) is 3.43. The molecular formula is C18H23N3O3S. The highest BCUT2D eigenvalue weighted by molar-refractivity contribution is 7.99. The molecular weight excluding hydrogens is 338 g/mol. The number of methoxy groups -OCH3 is 1. The lowest BCUT2D eigenvalue weighted by Crippen LogP contribution is -2.37. The Balaban J connectivity index is 1.44. The third-order valence-corrected chi connectivity index (χ3v) is 5.16. The summed E-state index contributed by atoms with van der Waals surface area (Å²) in [6, 6.07) is 7.84. The Labute approximate surface area is 151 Å². The lowest BCUT2D eigenvalue weighted by molar-refractivity contribution is -0.119. The molecule has 1 saturated carbocycles. The molecule has 25 heavy (non-hydrogen) atoms. The molecule has 1 fully saturated rings. The number of amides is 1. The van der Waals surface area contributed by atoms with Crippen LogP contribution in [0.3, 0.4) is 0 Å². The molecule has 1 aromatic carbocycles. The number of rotatable bonds is 7. The minimum Gasteiger partial charge on any atom is -0.497 e. The van der Waals surface area contributed by atoms with Gasteiger partial charge in [-0.1, -0.05) is 24.4 Å². The quantitative estimate of drug-likeness (QED) is 0.814. The second-order valence-corrected chi connectivity index (χ2v) is 7.12. The standard InChI is InChI=1S/C18H23N3O3S/c1-23-15-9-7-13(8-10-15)18-20-17(24-21-18)12-25-11-16(22)19-14-5-3-2-4-6-14/h7-10,14H,2-6,11-12H2,1H3,(H,19,22). The van der Waals surface area contributed by atoms with Crippen molar-refractivity contribution < 1.29 is 14.1 Å². The molecule has 0 radical (unpaired) electrons. The van der Waals surface area contributed by atoms with E-state index < -0.39 is 0 Å².